The summed E-state index contributed by atoms with van der Waals surface area (Å²) in [5, 5.41) is 2.95. The van der Waals surface area contributed by atoms with Crippen LogP contribution in [-0.2, 0) is 5.41 Å². The first kappa shape index (κ1) is 14.3. The molecular formula is C18H23NO. The Hall–Kier alpha value is -2.09. The predicted octanol–water partition coefficient (Wildman–Crippen LogP) is 4.79. The smallest absolute Gasteiger partial charge is 0.255 e. The molecule has 0 radical (unpaired) electrons. The van der Waals surface area contributed by atoms with E-state index in [1.807, 2.05) is 49.4 Å². The predicted molar refractivity (Wildman–Crippen MR) is 86.4 cm³/mol. The molecule has 0 saturated heterocycles. The highest BCUT2D eigenvalue weighted by Gasteiger charge is 2.14. The molecular weight excluding hydrogens is 246 g/mol. The van der Waals surface area contributed by atoms with Crippen molar-refractivity contribution in [2.45, 2.75) is 33.1 Å². The Bertz CT molecular complexity index is 612. The van der Waals surface area contributed by atoms with Gasteiger partial charge < -0.3 is 5.32 Å². The van der Waals surface area contributed by atoms with Gasteiger partial charge >= 0.3 is 0 Å². The van der Waals surface area contributed by atoms with E-state index in [4.69, 9.17) is 0 Å². The van der Waals surface area contributed by atoms with Crippen molar-refractivity contribution in [2.24, 2.45) is 0 Å². The molecule has 2 rings (SSSR count). The minimum atomic E-state index is -0.0731. The van der Waals surface area contributed by atoms with E-state index in [-0.39, 0.29) is 12.7 Å². The standard InChI is InChI=1S/C18H21NO.H2/c1-13-8-10-14(11-9-13)17(20)19-16-7-5-6-15(12-16)18(2,3)4;/h5-12H,1-4H3,(H,19,20);1H. The number of nitrogens with one attached hydrogen (secondary N) is 1. The number of hydrogen-bond donors (Lipinski definition) is 1. The molecule has 2 aromatic carbocycles. The molecule has 0 aliphatic rings. The van der Waals surface area contributed by atoms with Gasteiger partial charge in [-0.05, 0) is 42.2 Å². The SMILES string of the molecule is Cc1ccc(C(=O)Nc2cccc(C(C)(C)C)c2)cc1.[HH]. The van der Waals surface area contributed by atoms with Crippen molar-refractivity contribution in [1.29, 1.82) is 0 Å². The lowest BCUT2D eigenvalue weighted by Crippen LogP contribution is -2.14. The fraction of sp³-hybridized carbons (Fsp3) is 0.278. The second-order valence-corrected chi connectivity index (χ2v) is 6.15. The van der Waals surface area contributed by atoms with Gasteiger partial charge in [-0.2, -0.15) is 0 Å². The van der Waals surface area contributed by atoms with Crippen LogP contribution < -0.4 is 5.32 Å². The quantitative estimate of drug-likeness (QED) is 0.834. The maximum atomic E-state index is 12.2. The van der Waals surface area contributed by atoms with E-state index < -0.39 is 0 Å². The molecule has 0 aromatic heterocycles. The monoisotopic (exact) mass is 269 g/mol. The van der Waals surface area contributed by atoms with Crippen molar-refractivity contribution in [2.75, 3.05) is 5.32 Å². The topological polar surface area (TPSA) is 29.1 Å². The van der Waals surface area contributed by atoms with E-state index in [1.54, 1.807) is 0 Å². The zero-order valence-electron chi connectivity index (χ0n) is 12.5. The maximum absolute atomic E-state index is 12.2. The van der Waals surface area contributed by atoms with E-state index in [0.29, 0.717) is 5.56 Å². The summed E-state index contributed by atoms with van der Waals surface area (Å²) in [6.07, 6.45) is 0. The molecule has 0 aliphatic heterocycles. The zero-order valence-corrected chi connectivity index (χ0v) is 12.5. The Kier molecular flexibility index (Phi) is 3.93. The number of amides is 1. The average Bonchev–Trinajstić information content (AvgIpc) is 2.38. The lowest BCUT2D eigenvalue weighted by molar-refractivity contribution is 0.102. The van der Waals surface area contributed by atoms with Crippen molar-refractivity contribution in [1.82, 2.24) is 0 Å². The van der Waals surface area contributed by atoms with Gasteiger partial charge in [0.05, 0.1) is 0 Å². The normalized spacial score (nSPS) is 11.2. The number of rotatable bonds is 2. The second kappa shape index (κ2) is 5.49. The third-order valence-corrected chi connectivity index (χ3v) is 3.30. The number of aryl methyl sites for hydroxylation is 1. The number of carbonyl (C=O) groups is 1. The summed E-state index contributed by atoms with van der Waals surface area (Å²) in [6, 6.07) is 15.6. The number of anilines is 1. The Balaban J connectivity index is 0.00000220. The molecule has 2 nitrogen and oxygen atoms in total. The number of benzene rings is 2. The fourth-order valence-electron chi connectivity index (χ4n) is 1.97. The minimum Gasteiger partial charge on any atom is -0.322 e. The molecule has 0 heterocycles. The molecule has 2 heteroatoms. The molecule has 0 bridgehead atoms. The van der Waals surface area contributed by atoms with E-state index >= 15 is 0 Å². The average molecular weight is 269 g/mol. The van der Waals surface area contributed by atoms with Gasteiger partial charge in [-0.1, -0.05) is 50.6 Å². The third-order valence-electron chi connectivity index (χ3n) is 3.30. The largest absolute Gasteiger partial charge is 0.322 e. The lowest BCUT2D eigenvalue weighted by atomic mass is 9.87. The van der Waals surface area contributed by atoms with Crippen LogP contribution in [0.1, 0.15) is 43.7 Å². The molecule has 0 aliphatic carbocycles. The lowest BCUT2D eigenvalue weighted by Gasteiger charge is -2.19. The van der Waals surface area contributed by atoms with Crippen LogP contribution in [0.15, 0.2) is 48.5 Å². The second-order valence-electron chi connectivity index (χ2n) is 6.15. The molecule has 0 fully saturated rings. The first-order valence-electron chi connectivity index (χ1n) is 6.85. The molecule has 0 atom stereocenters. The number of carbonyl (C=O) groups excluding carboxylic acids is 1. The van der Waals surface area contributed by atoms with Crippen molar-refractivity contribution in [3.05, 3.63) is 65.2 Å². The molecule has 20 heavy (non-hydrogen) atoms. The van der Waals surface area contributed by atoms with Crippen LogP contribution in [0.3, 0.4) is 0 Å². The van der Waals surface area contributed by atoms with Crippen LogP contribution in [0.2, 0.25) is 0 Å². The van der Waals surface area contributed by atoms with Gasteiger partial charge in [-0.15, -0.1) is 0 Å². The van der Waals surface area contributed by atoms with Crippen molar-refractivity contribution < 1.29 is 6.22 Å². The van der Waals surface area contributed by atoms with Crippen molar-refractivity contribution >= 4 is 11.6 Å². The molecule has 2 aromatic rings. The Labute approximate surface area is 122 Å². The molecule has 0 spiro atoms. The Morgan fingerprint density at radius 3 is 2.30 bits per heavy atom. The summed E-state index contributed by atoms with van der Waals surface area (Å²) in [4.78, 5) is 12.2. The molecule has 1 amide bonds. The summed E-state index contributed by atoms with van der Waals surface area (Å²) in [7, 11) is 0. The molecule has 106 valence electrons. The summed E-state index contributed by atoms with van der Waals surface area (Å²) in [5.41, 5.74) is 3.94. The summed E-state index contributed by atoms with van der Waals surface area (Å²) < 4.78 is 0. The van der Waals surface area contributed by atoms with Crippen molar-refractivity contribution in [3.8, 4) is 0 Å². The third kappa shape index (κ3) is 3.47. The van der Waals surface area contributed by atoms with Gasteiger partial charge in [-0.25, -0.2) is 0 Å². The first-order chi connectivity index (χ1) is 9.36. The molecule has 0 saturated carbocycles. The van der Waals surface area contributed by atoms with Gasteiger partial charge in [0, 0.05) is 12.7 Å². The molecule has 1 N–H and O–H groups in total. The van der Waals surface area contributed by atoms with Crippen molar-refractivity contribution in [3.63, 3.8) is 0 Å². The van der Waals surface area contributed by atoms with Crippen LogP contribution in [0.4, 0.5) is 5.69 Å². The van der Waals surface area contributed by atoms with Gasteiger partial charge in [-0.3, -0.25) is 4.79 Å². The van der Waals surface area contributed by atoms with Crippen LogP contribution >= 0.6 is 0 Å². The van der Waals surface area contributed by atoms with Crippen LogP contribution in [0.5, 0.6) is 0 Å². The van der Waals surface area contributed by atoms with Crippen LogP contribution in [0, 0.1) is 6.92 Å². The molecule has 0 unspecified atom stereocenters. The highest BCUT2D eigenvalue weighted by Crippen LogP contribution is 2.24. The van der Waals surface area contributed by atoms with Crippen LogP contribution in [-0.4, -0.2) is 5.91 Å². The number of hydrogen-bond acceptors (Lipinski definition) is 1. The van der Waals surface area contributed by atoms with Crippen LogP contribution in [0.25, 0.3) is 0 Å². The van der Waals surface area contributed by atoms with E-state index in [1.165, 1.54) is 5.56 Å². The van der Waals surface area contributed by atoms with Gasteiger partial charge in [0.15, 0.2) is 0 Å². The van der Waals surface area contributed by atoms with Gasteiger partial charge in [0.25, 0.3) is 5.91 Å². The van der Waals surface area contributed by atoms with E-state index in [9.17, 15) is 4.79 Å². The van der Waals surface area contributed by atoms with E-state index in [0.717, 1.165) is 11.3 Å². The highest BCUT2D eigenvalue weighted by molar-refractivity contribution is 6.04. The Morgan fingerprint density at radius 2 is 1.70 bits per heavy atom. The summed E-state index contributed by atoms with van der Waals surface area (Å²) in [6.45, 7) is 8.49. The fourth-order valence-corrected chi connectivity index (χ4v) is 1.97. The first-order valence-corrected chi connectivity index (χ1v) is 6.85. The Morgan fingerprint density at radius 1 is 1.05 bits per heavy atom. The zero-order chi connectivity index (χ0) is 14.8. The van der Waals surface area contributed by atoms with E-state index in [2.05, 4.69) is 32.2 Å². The minimum absolute atomic E-state index is 0. The van der Waals surface area contributed by atoms with Gasteiger partial charge in [0.1, 0.15) is 0 Å². The summed E-state index contributed by atoms with van der Waals surface area (Å²) >= 11 is 0. The summed E-state index contributed by atoms with van der Waals surface area (Å²) in [5.74, 6) is -0.0731. The maximum Gasteiger partial charge on any atom is 0.255 e. The van der Waals surface area contributed by atoms with Gasteiger partial charge in [0.2, 0.25) is 0 Å². The highest BCUT2D eigenvalue weighted by atomic mass is 16.1.